The summed E-state index contributed by atoms with van der Waals surface area (Å²) in [5.41, 5.74) is 1.84. The number of hydrogen-bond donors (Lipinski definition) is 1. The zero-order valence-corrected chi connectivity index (χ0v) is 13.0. The Bertz CT molecular complexity index is 765. The Morgan fingerprint density at radius 1 is 1.00 bits per heavy atom. The summed E-state index contributed by atoms with van der Waals surface area (Å²) in [7, 11) is 0. The topological polar surface area (TPSA) is 35.1 Å². The van der Waals surface area contributed by atoms with Crippen molar-refractivity contribution in [2.24, 2.45) is 0 Å². The maximum Gasteiger partial charge on any atom is 0.181 e. The lowest BCUT2D eigenvalue weighted by Crippen LogP contribution is -2.13. The van der Waals surface area contributed by atoms with Gasteiger partial charge in [0.05, 0.1) is 5.69 Å². The quantitative estimate of drug-likeness (QED) is 0.695. The third-order valence-electron chi connectivity index (χ3n) is 3.22. The van der Waals surface area contributed by atoms with E-state index in [-0.39, 0.29) is 0 Å². The first-order valence-corrected chi connectivity index (χ1v) is 8.10. The van der Waals surface area contributed by atoms with Gasteiger partial charge in [0.25, 0.3) is 0 Å². The lowest BCUT2D eigenvalue weighted by Gasteiger charge is -2.14. The Morgan fingerprint density at radius 2 is 1.76 bits per heavy atom. The Labute approximate surface area is 132 Å². The molecule has 3 aromatic carbocycles. The molecule has 0 aliphatic heterocycles. The number of rotatable bonds is 3. The highest BCUT2D eigenvalue weighted by Gasteiger charge is 2.14. The van der Waals surface area contributed by atoms with Gasteiger partial charge in [-0.25, -0.2) is 4.72 Å². The molecular weight excluding hydrogens is 302 g/mol. The van der Waals surface area contributed by atoms with Crippen LogP contribution in [0, 0.1) is 6.92 Å². The van der Waals surface area contributed by atoms with E-state index < -0.39 is 11.4 Å². The van der Waals surface area contributed by atoms with E-state index >= 15 is 0 Å². The van der Waals surface area contributed by atoms with E-state index in [2.05, 4.69) is 4.72 Å². The first-order valence-electron chi connectivity index (χ1n) is 6.57. The molecule has 2 nitrogen and oxygen atoms in total. The van der Waals surface area contributed by atoms with Crippen LogP contribution in [-0.2, 0) is 11.4 Å². The number of benzene rings is 3. The number of aryl methyl sites for hydroxylation is 1. The van der Waals surface area contributed by atoms with Crippen molar-refractivity contribution in [3.63, 3.8) is 0 Å². The van der Waals surface area contributed by atoms with Crippen LogP contribution in [0.5, 0.6) is 0 Å². The second-order valence-corrected chi connectivity index (χ2v) is 6.51. The summed E-state index contributed by atoms with van der Waals surface area (Å²) < 4.78 is 15.6. The van der Waals surface area contributed by atoms with Crippen molar-refractivity contribution in [2.75, 3.05) is 4.72 Å². The van der Waals surface area contributed by atoms with Gasteiger partial charge in [-0.05, 0) is 36.1 Å². The molecule has 3 aromatic rings. The average Bonchev–Trinajstić information content (AvgIpc) is 2.46. The Hall–Kier alpha value is -1.68. The maximum atomic E-state index is 12.5. The van der Waals surface area contributed by atoms with Gasteiger partial charge < -0.3 is 4.55 Å². The van der Waals surface area contributed by atoms with E-state index in [9.17, 15) is 4.55 Å². The summed E-state index contributed by atoms with van der Waals surface area (Å²) in [5, 5.41) is 2.76. The van der Waals surface area contributed by atoms with E-state index in [1.54, 1.807) is 6.07 Å². The summed E-state index contributed by atoms with van der Waals surface area (Å²) in [6, 6.07) is 19.4. The first-order chi connectivity index (χ1) is 10.1. The van der Waals surface area contributed by atoms with Crippen LogP contribution in [0.25, 0.3) is 10.8 Å². The van der Waals surface area contributed by atoms with Crippen molar-refractivity contribution in [2.45, 2.75) is 11.8 Å². The molecule has 0 amide bonds. The molecule has 1 unspecified atom stereocenters. The zero-order chi connectivity index (χ0) is 14.8. The average molecular weight is 316 g/mol. The van der Waals surface area contributed by atoms with E-state index in [1.807, 2.05) is 61.5 Å². The Kier molecular flexibility index (Phi) is 4.06. The molecule has 0 saturated carbocycles. The SMILES string of the molecule is Cc1cc(Cl)cc([S+]([O-])Nc2cccc3ccccc23)c1. The fraction of sp³-hybridized carbons (Fsp3) is 0.0588. The van der Waals surface area contributed by atoms with Gasteiger partial charge in [0.15, 0.2) is 4.90 Å². The van der Waals surface area contributed by atoms with Crippen LogP contribution < -0.4 is 4.72 Å². The predicted molar refractivity (Wildman–Crippen MR) is 90.2 cm³/mol. The highest BCUT2D eigenvalue weighted by molar-refractivity contribution is 7.92. The van der Waals surface area contributed by atoms with Crippen molar-refractivity contribution in [3.05, 3.63) is 71.2 Å². The summed E-state index contributed by atoms with van der Waals surface area (Å²) in [6.45, 7) is 1.94. The Balaban J connectivity index is 1.94. The first kappa shape index (κ1) is 14.3. The molecule has 1 atom stereocenters. The molecule has 0 bridgehead atoms. The van der Waals surface area contributed by atoms with E-state index in [1.165, 1.54) is 0 Å². The van der Waals surface area contributed by atoms with Crippen molar-refractivity contribution in [1.82, 2.24) is 0 Å². The lowest BCUT2D eigenvalue weighted by molar-refractivity contribution is 0.600. The van der Waals surface area contributed by atoms with Crippen molar-refractivity contribution < 1.29 is 4.55 Å². The largest absolute Gasteiger partial charge is 0.588 e. The van der Waals surface area contributed by atoms with Gasteiger partial charge in [-0.1, -0.05) is 48.0 Å². The molecule has 0 saturated heterocycles. The second-order valence-electron chi connectivity index (χ2n) is 4.86. The van der Waals surface area contributed by atoms with Crippen molar-refractivity contribution >= 4 is 39.4 Å². The third kappa shape index (κ3) is 3.16. The van der Waals surface area contributed by atoms with Crippen molar-refractivity contribution in [1.29, 1.82) is 0 Å². The molecular formula is C17H14ClNOS. The van der Waals surface area contributed by atoms with Crippen LogP contribution >= 0.6 is 11.6 Å². The molecule has 0 radical (unpaired) electrons. The van der Waals surface area contributed by atoms with Crippen LogP contribution in [0.4, 0.5) is 5.69 Å². The minimum absolute atomic E-state index is 0.595. The third-order valence-corrected chi connectivity index (χ3v) is 4.51. The van der Waals surface area contributed by atoms with Gasteiger partial charge >= 0.3 is 0 Å². The number of fused-ring (bicyclic) bond motifs is 1. The summed E-state index contributed by atoms with van der Waals surface area (Å²) >= 11 is 4.68. The van der Waals surface area contributed by atoms with Gasteiger partial charge in [0.1, 0.15) is 11.4 Å². The monoisotopic (exact) mass is 315 g/mol. The van der Waals surface area contributed by atoms with Crippen LogP contribution in [0.15, 0.2) is 65.6 Å². The van der Waals surface area contributed by atoms with Crippen LogP contribution in [0.2, 0.25) is 5.02 Å². The lowest BCUT2D eigenvalue weighted by atomic mass is 10.1. The van der Waals surface area contributed by atoms with E-state index in [0.717, 1.165) is 22.0 Å². The predicted octanol–water partition coefficient (Wildman–Crippen LogP) is 4.94. The Morgan fingerprint density at radius 3 is 2.57 bits per heavy atom. The molecule has 0 aliphatic carbocycles. The molecule has 21 heavy (non-hydrogen) atoms. The van der Waals surface area contributed by atoms with Crippen LogP contribution in [0.3, 0.4) is 0 Å². The van der Waals surface area contributed by atoms with Gasteiger partial charge in [0.2, 0.25) is 0 Å². The van der Waals surface area contributed by atoms with Gasteiger partial charge in [-0.15, -0.1) is 0 Å². The minimum atomic E-state index is -1.35. The van der Waals surface area contributed by atoms with Crippen molar-refractivity contribution in [3.8, 4) is 0 Å². The van der Waals surface area contributed by atoms with Gasteiger partial charge in [-0.3, -0.25) is 0 Å². The van der Waals surface area contributed by atoms with Gasteiger partial charge in [-0.2, -0.15) is 0 Å². The van der Waals surface area contributed by atoms with Crippen LogP contribution in [0.1, 0.15) is 5.56 Å². The smallest absolute Gasteiger partial charge is 0.181 e. The molecule has 0 heterocycles. The fourth-order valence-electron chi connectivity index (χ4n) is 2.28. The van der Waals surface area contributed by atoms with Gasteiger partial charge in [0, 0.05) is 16.5 Å². The van der Waals surface area contributed by atoms with E-state index in [0.29, 0.717) is 9.92 Å². The number of hydrogen-bond acceptors (Lipinski definition) is 2. The highest BCUT2D eigenvalue weighted by atomic mass is 35.5. The van der Waals surface area contributed by atoms with Crippen LogP contribution in [-0.4, -0.2) is 4.55 Å². The molecule has 0 aliphatic rings. The summed E-state index contributed by atoms with van der Waals surface area (Å²) in [4.78, 5) is 0.674. The summed E-state index contributed by atoms with van der Waals surface area (Å²) in [5.74, 6) is 0. The number of anilines is 1. The normalized spacial score (nSPS) is 12.3. The molecule has 0 spiro atoms. The molecule has 106 valence electrons. The fourth-order valence-corrected chi connectivity index (χ4v) is 3.66. The number of halogens is 1. The number of nitrogens with one attached hydrogen (secondary N) is 1. The zero-order valence-electron chi connectivity index (χ0n) is 11.5. The van der Waals surface area contributed by atoms with E-state index in [4.69, 9.17) is 11.6 Å². The standard InChI is InChI=1S/C17H14ClNOS/c1-12-9-14(18)11-15(10-12)21(20)19-17-8-4-6-13-5-2-3-7-16(13)17/h2-11,19H,1H3. The highest BCUT2D eigenvalue weighted by Crippen LogP contribution is 2.26. The second kappa shape index (κ2) is 5.98. The maximum absolute atomic E-state index is 12.5. The minimum Gasteiger partial charge on any atom is -0.588 e. The molecule has 0 aromatic heterocycles. The molecule has 0 fully saturated rings. The molecule has 4 heteroatoms. The molecule has 1 N–H and O–H groups in total. The molecule has 3 rings (SSSR count). The summed E-state index contributed by atoms with van der Waals surface area (Å²) in [6.07, 6.45) is 0.